The van der Waals surface area contributed by atoms with Crippen LogP contribution in [-0.4, -0.2) is 16.1 Å². The molecule has 0 aliphatic carbocycles. The SMILES string of the molecule is O=C(O)c1cccc2oc(-c3ccc(F)cc3Cl)nc12. The molecule has 0 fully saturated rings. The quantitative estimate of drug-likeness (QED) is 0.775. The summed E-state index contributed by atoms with van der Waals surface area (Å²) >= 11 is 5.94. The Morgan fingerprint density at radius 3 is 2.80 bits per heavy atom. The zero-order valence-electron chi connectivity index (χ0n) is 9.93. The fraction of sp³-hybridized carbons (Fsp3) is 0. The van der Waals surface area contributed by atoms with Gasteiger partial charge in [-0.3, -0.25) is 0 Å². The number of halogens is 2. The van der Waals surface area contributed by atoms with Gasteiger partial charge >= 0.3 is 5.97 Å². The molecule has 6 heteroatoms. The van der Waals surface area contributed by atoms with E-state index < -0.39 is 11.8 Å². The highest BCUT2D eigenvalue weighted by molar-refractivity contribution is 6.33. The van der Waals surface area contributed by atoms with Crippen LogP contribution in [0.5, 0.6) is 0 Å². The Balaban J connectivity index is 2.23. The first-order valence-corrected chi connectivity index (χ1v) is 6.02. The summed E-state index contributed by atoms with van der Waals surface area (Å²) in [7, 11) is 0. The highest BCUT2D eigenvalue weighted by Gasteiger charge is 2.17. The summed E-state index contributed by atoms with van der Waals surface area (Å²) in [6.07, 6.45) is 0. The summed E-state index contributed by atoms with van der Waals surface area (Å²) < 4.78 is 18.5. The third-order valence-electron chi connectivity index (χ3n) is 2.81. The van der Waals surface area contributed by atoms with E-state index in [9.17, 15) is 9.18 Å². The van der Waals surface area contributed by atoms with E-state index in [-0.39, 0.29) is 22.0 Å². The molecule has 0 radical (unpaired) electrons. The van der Waals surface area contributed by atoms with Crippen LogP contribution in [0.3, 0.4) is 0 Å². The van der Waals surface area contributed by atoms with Gasteiger partial charge in [0.1, 0.15) is 11.3 Å². The molecule has 20 heavy (non-hydrogen) atoms. The second kappa shape index (κ2) is 4.61. The molecule has 2 aromatic carbocycles. The van der Waals surface area contributed by atoms with Crippen molar-refractivity contribution in [3.8, 4) is 11.5 Å². The van der Waals surface area contributed by atoms with Crippen LogP contribution in [0.4, 0.5) is 4.39 Å². The number of carbonyl (C=O) groups is 1. The molecule has 3 aromatic rings. The molecule has 0 unspecified atom stereocenters. The third-order valence-corrected chi connectivity index (χ3v) is 3.12. The van der Waals surface area contributed by atoms with Crippen LogP contribution in [0.1, 0.15) is 10.4 Å². The summed E-state index contributed by atoms with van der Waals surface area (Å²) in [6.45, 7) is 0. The molecular formula is C14H7ClFNO3. The number of rotatable bonds is 2. The third kappa shape index (κ3) is 2.02. The van der Waals surface area contributed by atoms with Gasteiger partial charge in [-0.05, 0) is 30.3 Å². The molecule has 0 bridgehead atoms. The van der Waals surface area contributed by atoms with E-state index in [2.05, 4.69) is 4.98 Å². The first-order valence-electron chi connectivity index (χ1n) is 5.64. The number of hydrogen-bond acceptors (Lipinski definition) is 3. The number of carboxylic acids is 1. The number of nitrogens with zero attached hydrogens (tertiary/aromatic N) is 1. The van der Waals surface area contributed by atoms with Crippen molar-refractivity contribution in [1.29, 1.82) is 0 Å². The fourth-order valence-corrected chi connectivity index (χ4v) is 2.15. The minimum atomic E-state index is -1.10. The Morgan fingerprint density at radius 1 is 1.30 bits per heavy atom. The van der Waals surface area contributed by atoms with Crippen molar-refractivity contribution in [1.82, 2.24) is 4.98 Å². The van der Waals surface area contributed by atoms with Gasteiger partial charge in [0.25, 0.3) is 0 Å². The molecule has 0 aliphatic rings. The number of carboxylic acid groups (broad SMARTS) is 1. The van der Waals surface area contributed by atoms with Crippen LogP contribution in [0, 0.1) is 5.82 Å². The lowest BCUT2D eigenvalue weighted by Gasteiger charge is -1.98. The van der Waals surface area contributed by atoms with Crippen molar-refractivity contribution in [2.75, 3.05) is 0 Å². The Kier molecular flexibility index (Phi) is 2.91. The standard InChI is InChI=1S/C14H7ClFNO3/c15-10-6-7(16)4-5-8(10)13-17-12-9(14(18)19)2-1-3-11(12)20-13/h1-6H,(H,18,19). The Hall–Kier alpha value is -2.40. The van der Waals surface area contributed by atoms with Gasteiger partial charge in [0.05, 0.1) is 16.1 Å². The molecular weight excluding hydrogens is 285 g/mol. The maximum Gasteiger partial charge on any atom is 0.338 e. The molecule has 0 amide bonds. The van der Waals surface area contributed by atoms with Crippen LogP contribution in [-0.2, 0) is 0 Å². The van der Waals surface area contributed by atoms with Crippen molar-refractivity contribution in [3.05, 3.63) is 52.8 Å². The van der Waals surface area contributed by atoms with Gasteiger partial charge < -0.3 is 9.52 Å². The summed E-state index contributed by atoms with van der Waals surface area (Å²) in [5.41, 5.74) is 1.01. The van der Waals surface area contributed by atoms with Crippen molar-refractivity contribution in [3.63, 3.8) is 0 Å². The normalized spacial score (nSPS) is 10.9. The molecule has 0 saturated carbocycles. The number of fused-ring (bicyclic) bond motifs is 1. The first-order chi connectivity index (χ1) is 9.56. The lowest BCUT2D eigenvalue weighted by Crippen LogP contribution is -1.96. The van der Waals surface area contributed by atoms with Crippen LogP contribution < -0.4 is 0 Å². The lowest BCUT2D eigenvalue weighted by molar-refractivity contribution is 0.0699. The Bertz CT molecular complexity index is 828. The number of hydrogen-bond donors (Lipinski definition) is 1. The van der Waals surface area contributed by atoms with Crippen LogP contribution in [0.15, 0.2) is 40.8 Å². The molecule has 0 atom stereocenters. The number of aromatic carboxylic acids is 1. The predicted octanol–water partition coefficient (Wildman–Crippen LogP) is 3.99. The first kappa shape index (κ1) is 12.6. The van der Waals surface area contributed by atoms with E-state index in [0.29, 0.717) is 11.1 Å². The van der Waals surface area contributed by atoms with E-state index in [0.717, 1.165) is 6.07 Å². The largest absolute Gasteiger partial charge is 0.478 e. The second-order valence-electron chi connectivity index (χ2n) is 4.10. The summed E-state index contributed by atoms with van der Waals surface area (Å²) in [6, 6.07) is 8.41. The maximum atomic E-state index is 13.0. The minimum Gasteiger partial charge on any atom is -0.478 e. The van der Waals surface area contributed by atoms with Crippen molar-refractivity contribution < 1.29 is 18.7 Å². The number of oxazole rings is 1. The van der Waals surface area contributed by atoms with Gasteiger partial charge in [-0.25, -0.2) is 14.2 Å². The van der Waals surface area contributed by atoms with Crippen LogP contribution in [0.25, 0.3) is 22.6 Å². The molecule has 0 aliphatic heterocycles. The average Bonchev–Trinajstić information content (AvgIpc) is 2.81. The molecule has 0 saturated heterocycles. The monoisotopic (exact) mass is 291 g/mol. The lowest BCUT2D eigenvalue weighted by atomic mass is 10.2. The van der Waals surface area contributed by atoms with Crippen molar-refractivity contribution in [2.45, 2.75) is 0 Å². The summed E-state index contributed by atoms with van der Waals surface area (Å²) in [5, 5.41) is 9.24. The maximum absolute atomic E-state index is 13.0. The number of benzene rings is 2. The molecule has 1 N–H and O–H groups in total. The fourth-order valence-electron chi connectivity index (χ4n) is 1.90. The van der Waals surface area contributed by atoms with Crippen molar-refractivity contribution >= 4 is 28.7 Å². The molecule has 100 valence electrons. The zero-order chi connectivity index (χ0) is 14.3. The second-order valence-corrected chi connectivity index (χ2v) is 4.51. The van der Waals surface area contributed by atoms with E-state index in [1.807, 2.05) is 0 Å². The van der Waals surface area contributed by atoms with Gasteiger partial charge in [0.2, 0.25) is 5.89 Å². The van der Waals surface area contributed by atoms with Gasteiger partial charge in [-0.15, -0.1) is 0 Å². The van der Waals surface area contributed by atoms with E-state index in [1.165, 1.54) is 18.2 Å². The Labute approximate surface area is 117 Å². The molecule has 3 rings (SSSR count). The molecule has 4 nitrogen and oxygen atoms in total. The summed E-state index contributed by atoms with van der Waals surface area (Å²) in [4.78, 5) is 15.3. The van der Waals surface area contributed by atoms with Crippen LogP contribution >= 0.6 is 11.6 Å². The number of para-hydroxylation sites is 1. The predicted molar refractivity (Wildman–Crippen MR) is 71.4 cm³/mol. The minimum absolute atomic E-state index is 0.0377. The highest BCUT2D eigenvalue weighted by atomic mass is 35.5. The van der Waals surface area contributed by atoms with Gasteiger partial charge in [0, 0.05) is 0 Å². The van der Waals surface area contributed by atoms with Gasteiger partial charge in [-0.2, -0.15) is 0 Å². The van der Waals surface area contributed by atoms with E-state index in [1.54, 1.807) is 12.1 Å². The average molecular weight is 292 g/mol. The van der Waals surface area contributed by atoms with E-state index in [4.69, 9.17) is 21.1 Å². The zero-order valence-corrected chi connectivity index (χ0v) is 10.7. The smallest absolute Gasteiger partial charge is 0.338 e. The van der Waals surface area contributed by atoms with Crippen molar-refractivity contribution in [2.24, 2.45) is 0 Å². The van der Waals surface area contributed by atoms with Crippen LogP contribution in [0.2, 0.25) is 5.02 Å². The summed E-state index contributed by atoms with van der Waals surface area (Å²) in [5.74, 6) is -1.42. The van der Waals surface area contributed by atoms with Gasteiger partial charge in [0.15, 0.2) is 5.58 Å². The van der Waals surface area contributed by atoms with E-state index >= 15 is 0 Å². The Morgan fingerprint density at radius 2 is 2.10 bits per heavy atom. The number of aromatic nitrogens is 1. The molecule has 1 aromatic heterocycles. The molecule has 1 heterocycles. The highest BCUT2D eigenvalue weighted by Crippen LogP contribution is 2.31. The molecule has 0 spiro atoms. The topological polar surface area (TPSA) is 63.3 Å². The van der Waals surface area contributed by atoms with Gasteiger partial charge in [-0.1, -0.05) is 17.7 Å².